The SMILES string of the molecule is Cc1ccccc1NC(=O)NN=Cc1cc(C)n(-c2ccc(C34CC5CC(CC(C5)C3)C4)cc2)c1C. The lowest BCUT2D eigenvalue weighted by Gasteiger charge is -2.57. The van der Waals surface area contributed by atoms with E-state index in [1.54, 1.807) is 11.8 Å². The number of carbonyl (C=O) groups is 1. The molecule has 0 spiro atoms. The number of carbonyl (C=O) groups excluding carboxylic acids is 1. The monoisotopic (exact) mass is 480 g/mol. The number of hydrogen-bond acceptors (Lipinski definition) is 2. The number of benzene rings is 2. The van der Waals surface area contributed by atoms with Gasteiger partial charge in [-0.1, -0.05) is 30.3 Å². The van der Waals surface area contributed by atoms with Gasteiger partial charge >= 0.3 is 6.03 Å². The van der Waals surface area contributed by atoms with Gasteiger partial charge in [-0.2, -0.15) is 5.10 Å². The fourth-order valence-electron chi connectivity index (χ4n) is 7.77. The van der Waals surface area contributed by atoms with Gasteiger partial charge in [-0.05, 0) is 118 Å². The topological polar surface area (TPSA) is 58.4 Å². The van der Waals surface area contributed by atoms with Crippen LogP contribution in [0, 0.1) is 38.5 Å². The maximum Gasteiger partial charge on any atom is 0.339 e. The molecule has 1 aromatic heterocycles. The number of hydrazone groups is 1. The van der Waals surface area contributed by atoms with Gasteiger partial charge in [-0.15, -0.1) is 0 Å². The van der Waals surface area contributed by atoms with Crippen molar-refractivity contribution in [2.24, 2.45) is 22.9 Å². The summed E-state index contributed by atoms with van der Waals surface area (Å²) in [5, 5.41) is 7.03. The number of amides is 2. The highest BCUT2D eigenvalue weighted by atomic mass is 16.2. The van der Waals surface area contributed by atoms with Gasteiger partial charge in [0.15, 0.2) is 0 Å². The summed E-state index contributed by atoms with van der Waals surface area (Å²) in [6.07, 6.45) is 10.3. The van der Waals surface area contributed by atoms with Gasteiger partial charge < -0.3 is 9.88 Å². The molecule has 4 saturated carbocycles. The van der Waals surface area contributed by atoms with Crippen molar-refractivity contribution >= 4 is 17.9 Å². The largest absolute Gasteiger partial charge is 0.339 e. The Labute approximate surface area is 214 Å². The molecule has 0 atom stereocenters. The van der Waals surface area contributed by atoms with Crippen molar-refractivity contribution in [2.75, 3.05) is 5.32 Å². The third-order valence-electron chi connectivity index (χ3n) is 9.01. The molecule has 5 heteroatoms. The molecule has 2 amide bonds. The van der Waals surface area contributed by atoms with Crippen LogP contribution in [-0.2, 0) is 5.41 Å². The lowest BCUT2D eigenvalue weighted by molar-refractivity contribution is -0.00518. The lowest BCUT2D eigenvalue weighted by Crippen LogP contribution is -2.48. The summed E-state index contributed by atoms with van der Waals surface area (Å²) in [5.74, 6) is 2.87. The van der Waals surface area contributed by atoms with E-state index in [-0.39, 0.29) is 6.03 Å². The van der Waals surface area contributed by atoms with Gasteiger partial charge in [0.1, 0.15) is 0 Å². The van der Waals surface area contributed by atoms with E-state index in [9.17, 15) is 4.79 Å². The molecular formula is C31H36N4O. The minimum absolute atomic E-state index is 0.352. The zero-order chi connectivity index (χ0) is 24.9. The first kappa shape index (κ1) is 23.1. The second kappa shape index (κ2) is 8.95. The lowest BCUT2D eigenvalue weighted by atomic mass is 9.48. The van der Waals surface area contributed by atoms with Crippen LogP contribution in [-0.4, -0.2) is 16.8 Å². The number of aromatic nitrogens is 1. The molecule has 3 aromatic rings. The molecule has 36 heavy (non-hydrogen) atoms. The van der Waals surface area contributed by atoms with Crippen molar-refractivity contribution in [1.29, 1.82) is 0 Å². The maximum atomic E-state index is 12.3. The second-order valence-electron chi connectivity index (χ2n) is 11.5. The summed E-state index contributed by atoms with van der Waals surface area (Å²) in [6.45, 7) is 6.19. The van der Waals surface area contributed by atoms with Gasteiger partial charge in [0.25, 0.3) is 0 Å². The average Bonchev–Trinajstić information content (AvgIpc) is 3.12. The van der Waals surface area contributed by atoms with E-state index >= 15 is 0 Å². The molecule has 0 saturated heterocycles. The summed E-state index contributed by atoms with van der Waals surface area (Å²) in [7, 11) is 0. The predicted octanol–water partition coefficient (Wildman–Crippen LogP) is 7.03. The van der Waals surface area contributed by atoms with Crippen LogP contribution in [0.3, 0.4) is 0 Å². The fraction of sp³-hybridized carbons (Fsp3) is 0.419. The number of hydrogen-bond donors (Lipinski definition) is 2. The van der Waals surface area contributed by atoms with E-state index in [2.05, 4.69) is 64.6 Å². The molecule has 5 nitrogen and oxygen atoms in total. The van der Waals surface area contributed by atoms with Crippen LogP contribution in [0.1, 0.15) is 66.6 Å². The van der Waals surface area contributed by atoms with Crippen LogP contribution < -0.4 is 10.7 Å². The minimum Gasteiger partial charge on any atom is -0.318 e. The summed E-state index contributed by atoms with van der Waals surface area (Å²) in [4.78, 5) is 12.3. The molecule has 4 aliphatic rings. The Balaban J connectivity index is 1.16. The Hall–Kier alpha value is -3.34. The molecule has 0 radical (unpaired) electrons. The Morgan fingerprint density at radius 2 is 1.58 bits per heavy atom. The number of aryl methyl sites for hydroxylation is 2. The first-order chi connectivity index (χ1) is 17.4. The van der Waals surface area contributed by atoms with E-state index in [1.165, 1.54) is 44.2 Å². The Morgan fingerprint density at radius 3 is 2.22 bits per heavy atom. The zero-order valence-electron chi connectivity index (χ0n) is 21.6. The fourth-order valence-corrected chi connectivity index (χ4v) is 7.77. The molecule has 0 aliphatic heterocycles. The van der Waals surface area contributed by atoms with Crippen molar-refractivity contribution in [3.05, 3.63) is 82.7 Å². The van der Waals surface area contributed by atoms with Crippen LogP contribution in [0.4, 0.5) is 10.5 Å². The average molecular weight is 481 g/mol. The van der Waals surface area contributed by atoms with Crippen LogP contribution in [0.5, 0.6) is 0 Å². The molecule has 4 fully saturated rings. The van der Waals surface area contributed by atoms with Crippen molar-refractivity contribution in [1.82, 2.24) is 9.99 Å². The highest BCUT2D eigenvalue weighted by Gasteiger charge is 2.51. The summed E-state index contributed by atoms with van der Waals surface area (Å²) < 4.78 is 2.28. The molecule has 186 valence electrons. The second-order valence-corrected chi connectivity index (χ2v) is 11.5. The number of nitrogens with one attached hydrogen (secondary N) is 2. The zero-order valence-corrected chi connectivity index (χ0v) is 21.6. The number of urea groups is 1. The molecule has 1 heterocycles. The third kappa shape index (κ3) is 4.15. The quantitative estimate of drug-likeness (QED) is 0.299. The number of nitrogens with zero attached hydrogens (tertiary/aromatic N) is 2. The van der Waals surface area contributed by atoms with Crippen molar-refractivity contribution in [3.63, 3.8) is 0 Å². The first-order valence-corrected chi connectivity index (χ1v) is 13.4. The highest BCUT2D eigenvalue weighted by molar-refractivity contribution is 5.91. The van der Waals surface area contributed by atoms with Crippen LogP contribution in [0.2, 0.25) is 0 Å². The van der Waals surface area contributed by atoms with E-state index in [4.69, 9.17) is 0 Å². The van der Waals surface area contributed by atoms with Gasteiger partial charge in [0, 0.05) is 28.3 Å². The minimum atomic E-state index is -0.352. The normalized spacial score (nSPS) is 26.5. The third-order valence-corrected chi connectivity index (χ3v) is 9.01. The number of para-hydroxylation sites is 1. The smallest absolute Gasteiger partial charge is 0.318 e. The van der Waals surface area contributed by atoms with Crippen LogP contribution in [0.15, 0.2) is 59.7 Å². The van der Waals surface area contributed by atoms with Crippen LogP contribution >= 0.6 is 0 Å². The summed E-state index contributed by atoms with van der Waals surface area (Å²) in [6, 6.07) is 18.8. The predicted molar refractivity (Wildman–Crippen MR) is 146 cm³/mol. The molecule has 0 unspecified atom stereocenters. The standard InChI is InChI=1S/C31H36N4O/c1-20-6-4-5-7-29(20)33-30(36)34-32-19-26-12-21(2)35(22(26)3)28-10-8-27(9-11-28)31-16-23-13-24(17-31)15-25(14-23)18-31/h4-12,19,23-25H,13-18H2,1-3H3,(H2,33,34,36). The van der Waals surface area contributed by atoms with Gasteiger partial charge in [0.05, 0.1) is 6.21 Å². The number of rotatable bonds is 5. The van der Waals surface area contributed by atoms with Crippen LogP contribution in [0.25, 0.3) is 5.69 Å². The molecule has 2 N–H and O–H groups in total. The Morgan fingerprint density at radius 1 is 0.944 bits per heavy atom. The summed E-state index contributed by atoms with van der Waals surface area (Å²) in [5.41, 5.74) is 10.8. The van der Waals surface area contributed by atoms with E-state index < -0.39 is 0 Å². The highest BCUT2D eigenvalue weighted by Crippen LogP contribution is 2.60. The van der Waals surface area contributed by atoms with E-state index in [0.717, 1.165) is 46.0 Å². The Bertz CT molecular complexity index is 1280. The van der Waals surface area contributed by atoms with Gasteiger partial charge in [0.2, 0.25) is 0 Å². The number of anilines is 1. The molecule has 7 rings (SSSR count). The van der Waals surface area contributed by atoms with E-state index in [1.807, 2.05) is 31.2 Å². The van der Waals surface area contributed by atoms with Crippen molar-refractivity contribution in [2.45, 2.75) is 64.7 Å². The maximum absolute atomic E-state index is 12.3. The van der Waals surface area contributed by atoms with Gasteiger partial charge in [-0.3, -0.25) is 0 Å². The summed E-state index contributed by atoms with van der Waals surface area (Å²) >= 11 is 0. The molecule has 4 bridgehead atoms. The molecule has 4 aliphatic carbocycles. The molecule has 2 aromatic carbocycles. The van der Waals surface area contributed by atoms with Crippen molar-refractivity contribution < 1.29 is 4.79 Å². The van der Waals surface area contributed by atoms with Crippen molar-refractivity contribution in [3.8, 4) is 5.69 Å². The Kier molecular flexibility index (Phi) is 5.74. The van der Waals surface area contributed by atoms with E-state index in [0.29, 0.717) is 5.41 Å². The first-order valence-electron chi connectivity index (χ1n) is 13.4. The van der Waals surface area contributed by atoms with Gasteiger partial charge in [-0.25, -0.2) is 10.2 Å². The molecular weight excluding hydrogens is 444 g/mol.